The minimum absolute atomic E-state index is 0.0948. The van der Waals surface area contributed by atoms with Crippen LogP contribution in [0.15, 0.2) is 48.5 Å². The van der Waals surface area contributed by atoms with Gasteiger partial charge in [-0.1, -0.05) is 24.3 Å². The summed E-state index contributed by atoms with van der Waals surface area (Å²) in [6, 6.07) is 14.4. The van der Waals surface area contributed by atoms with Crippen LogP contribution in [0.4, 0.5) is 9.18 Å². The third-order valence-electron chi connectivity index (χ3n) is 4.64. The second kappa shape index (κ2) is 6.20. The Balaban J connectivity index is 1.37. The number of likely N-dealkylation sites (tertiary alicyclic amines) is 1. The fourth-order valence-electron chi connectivity index (χ4n) is 3.30. The van der Waals surface area contributed by atoms with Crippen molar-refractivity contribution in [3.05, 3.63) is 65.7 Å². The number of imidazole rings is 1. The first-order chi connectivity index (χ1) is 12.1. The van der Waals surface area contributed by atoms with Crippen LogP contribution in [0, 0.1) is 12.7 Å². The highest BCUT2D eigenvalue weighted by Gasteiger charge is 2.33. The fourth-order valence-corrected chi connectivity index (χ4v) is 3.30. The van der Waals surface area contributed by atoms with Gasteiger partial charge in [0.2, 0.25) is 0 Å². The van der Waals surface area contributed by atoms with Gasteiger partial charge in [-0.05, 0) is 36.8 Å². The number of para-hydroxylation sites is 2. The van der Waals surface area contributed by atoms with Crippen LogP contribution in [-0.4, -0.2) is 33.6 Å². The number of fused-ring (bicyclic) bond motifs is 1. The molecule has 1 aromatic heterocycles. The number of carbonyl (C=O) groups is 1. The molecule has 6 heteroatoms. The average molecular weight is 338 g/mol. The normalized spacial score (nSPS) is 14.6. The van der Waals surface area contributed by atoms with E-state index in [1.165, 1.54) is 12.1 Å². The lowest BCUT2D eigenvalue weighted by Gasteiger charge is -2.40. The van der Waals surface area contributed by atoms with Crippen molar-refractivity contribution in [1.82, 2.24) is 19.8 Å². The number of halogens is 1. The Morgan fingerprint density at radius 2 is 1.92 bits per heavy atom. The van der Waals surface area contributed by atoms with E-state index >= 15 is 0 Å². The fraction of sp³-hybridized carbons (Fsp3) is 0.263. The first-order valence-corrected chi connectivity index (χ1v) is 8.32. The monoisotopic (exact) mass is 338 g/mol. The van der Waals surface area contributed by atoms with Gasteiger partial charge >= 0.3 is 6.03 Å². The van der Waals surface area contributed by atoms with Crippen molar-refractivity contribution in [2.45, 2.75) is 19.5 Å². The Hall–Kier alpha value is -2.89. The molecule has 1 aliphatic rings. The Morgan fingerprint density at radius 3 is 2.68 bits per heavy atom. The van der Waals surface area contributed by atoms with Gasteiger partial charge in [0.15, 0.2) is 0 Å². The van der Waals surface area contributed by atoms with Crippen LogP contribution >= 0.6 is 0 Å². The number of urea groups is 1. The van der Waals surface area contributed by atoms with E-state index in [0.29, 0.717) is 19.6 Å². The Bertz CT molecular complexity index is 913. The topological polar surface area (TPSA) is 50.2 Å². The molecule has 5 nitrogen and oxygen atoms in total. The van der Waals surface area contributed by atoms with Crippen LogP contribution < -0.4 is 5.32 Å². The lowest BCUT2D eigenvalue weighted by molar-refractivity contribution is 0.125. The third-order valence-corrected chi connectivity index (χ3v) is 4.64. The first kappa shape index (κ1) is 15.6. The van der Waals surface area contributed by atoms with Crippen molar-refractivity contribution >= 4 is 17.1 Å². The van der Waals surface area contributed by atoms with Gasteiger partial charge in [-0.2, -0.15) is 0 Å². The molecule has 128 valence electrons. The zero-order valence-corrected chi connectivity index (χ0v) is 13.9. The van der Waals surface area contributed by atoms with Crippen LogP contribution in [0.3, 0.4) is 0 Å². The highest BCUT2D eigenvalue weighted by atomic mass is 19.1. The summed E-state index contributed by atoms with van der Waals surface area (Å²) in [6.45, 7) is 3.72. The smallest absolute Gasteiger partial charge is 0.317 e. The lowest BCUT2D eigenvalue weighted by atomic mass is 10.1. The van der Waals surface area contributed by atoms with Gasteiger partial charge < -0.3 is 14.8 Å². The molecule has 0 bridgehead atoms. The molecule has 0 atom stereocenters. The zero-order valence-electron chi connectivity index (χ0n) is 13.9. The summed E-state index contributed by atoms with van der Waals surface area (Å²) in [5, 5.41) is 2.88. The van der Waals surface area contributed by atoms with Gasteiger partial charge in [0, 0.05) is 19.6 Å². The molecule has 3 aromatic rings. The van der Waals surface area contributed by atoms with Crippen molar-refractivity contribution in [1.29, 1.82) is 0 Å². The van der Waals surface area contributed by atoms with Crippen LogP contribution in [0.2, 0.25) is 0 Å². The second-order valence-electron chi connectivity index (χ2n) is 6.36. The summed E-state index contributed by atoms with van der Waals surface area (Å²) >= 11 is 0. The van der Waals surface area contributed by atoms with Crippen molar-refractivity contribution in [2.75, 3.05) is 13.1 Å². The molecule has 0 spiro atoms. The van der Waals surface area contributed by atoms with E-state index in [1.54, 1.807) is 17.0 Å². The SMILES string of the molecule is Cc1nc2ccccc2n1C1CN(C(=O)NCc2ccc(F)cc2)C1. The highest BCUT2D eigenvalue weighted by Crippen LogP contribution is 2.27. The maximum Gasteiger partial charge on any atom is 0.317 e. The Labute approximate surface area is 145 Å². The van der Waals surface area contributed by atoms with E-state index in [2.05, 4.69) is 20.9 Å². The van der Waals surface area contributed by atoms with Crippen molar-refractivity contribution in [2.24, 2.45) is 0 Å². The van der Waals surface area contributed by atoms with Gasteiger partial charge in [-0.25, -0.2) is 14.2 Å². The quantitative estimate of drug-likeness (QED) is 0.797. The van der Waals surface area contributed by atoms with Gasteiger partial charge in [0.05, 0.1) is 17.1 Å². The number of benzene rings is 2. The molecular formula is C19H19FN4O. The molecule has 2 aromatic carbocycles. The van der Waals surface area contributed by atoms with E-state index in [0.717, 1.165) is 22.4 Å². The van der Waals surface area contributed by atoms with Crippen LogP contribution in [0.25, 0.3) is 11.0 Å². The summed E-state index contributed by atoms with van der Waals surface area (Å²) in [5.41, 5.74) is 2.97. The van der Waals surface area contributed by atoms with Crippen LogP contribution in [-0.2, 0) is 6.54 Å². The Kier molecular flexibility index (Phi) is 3.87. The number of nitrogens with one attached hydrogen (secondary N) is 1. The van der Waals surface area contributed by atoms with Crippen molar-refractivity contribution < 1.29 is 9.18 Å². The number of nitrogens with zero attached hydrogens (tertiary/aromatic N) is 3. The summed E-state index contributed by atoms with van der Waals surface area (Å²) < 4.78 is 15.1. The molecule has 0 saturated carbocycles. The largest absolute Gasteiger partial charge is 0.334 e. The average Bonchev–Trinajstić information content (AvgIpc) is 2.89. The third kappa shape index (κ3) is 2.95. The molecule has 2 amide bonds. The van der Waals surface area contributed by atoms with Gasteiger partial charge in [-0.15, -0.1) is 0 Å². The number of hydrogen-bond acceptors (Lipinski definition) is 2. The number of carbonyl (C=O) groups excluding carboxylic acids is 1. The van der Waals surface area contributed by atoms with E-state index in [4.69, 9.17) is 0 Å². The summed E-state index contributed by atoms with van der Waals surface area (Å²) in [4.78, 5) is 18.6. The number of amides is 2. The highest BCUT2D eigenvalue weighted by molar-refractivity contribution is 5.77. The van der Waals surface area contributed by atoms with E-state index in [9.17, 15) is 9.18 Å². The van der Waals surface area contributed by atoms with E-state index < -0.39 is 0 Å². The number of aryl methyl sites for hydroxylation is 1. The molecule has 0 radical (unpaired) electrons. The predicted molar refractivity (Wildman–Crippen MR) is 93.7 cm³/mol. The van der Waals surface area contributed by atoms with Gasteiger partial charge in [0.1, 0.15) is 11.6 Å². The van der Waals surface area contributed by atoms with E-state index in [1.807, 2.05) is 25.1 Å². The molecule has 1 fully saturated rings. The number of aromatic nitrogens is 2. The number of rotatable bonds is 3. The zero-order chi connectivity index (χ0) is 17.4. The second-order valence-corrected chi connectivity index (χ2v) is 6.36. The first-order valence-electron chi connectivity index (χ1n) is 8.32. The maximum atomic E-state index is 12.9. The molecular weight excluding hydrogens is 319 g/mol. The lowest BCUT2D eigenvalue weighted by Crippen LogP contribution is -2.54. The molecule has 4 rings (SSSR count). The maximum absolute atomic E-state index is 12.9. The molecule has 0 aliphatic carbocycles. The van der Waals surface area contributed by atoms with Crippen molar-refractivity contribution in [3.63, 3.8) is 0 Å². The molecule has 25 heavy (non-hydrogen) atoms. The minimum atomic E-state index is -0.274. The number of hydrogen-bond donors (Lipinski definition) is 1. The molecule has 1 N–H and O–H groups in total. The molecule has 1 aliphatic heterocycles. The molecule has 1 saturated heterocycles. The standard InChI is InChI=1S/C19H19FN4O/c1-13-22-17-4-2-3-5-18(17)24(13)16-11-23(12-16)19(25)21-10-14-6-8-15(20)9-7-14/h2-9,16H,10-12H2,1H3,(H,21,25). The summed E-state index contributed by atoms with van der Waals surface area (Å²) in [6.07, 6.45) is 0. The summed E-state index contributed by atoms with van der Waals surface area (Å²) in [5.74, 6) is 0.696. The van der Waals surface area contributed by atoms with E-state index in [-0.39, 0.29) is 17.9 Å². The molecule has 0 unspecified atom stereocenters. The summed E-state index contributed by atoms with van der Waals surface area (Å²) in [7, 11) is 0. The van der Waals surface area contributed by atoms with Crippen LogP contribution in [0.1, 0.15) is 17.4 Å². The Morgan fingerprint density at radius 1 is 1.20 bits per heavy atom. The predicted octanol–water partition coefficient (Wildman–Crippen LogP) is 3.25. The van der Waals surface area contributed by atoms with Gasteiger partial charge in [-0.3, -0.25) is 0 Å². The van der Waals surface area contributed by atoms with Gasteiger partial charge in [0.25, 0.3) is 0 Å². The van der Waals surface area contributed by atoms with Crippen LogP contribution in [0.5, 0.6) is 0 Å². The molecule has 2 heterocycles. The minimum Gasteiger partial charge on any atom is -0.334 e. The van der Waals surface area contributed by atoms with Crippen molar-refractivity contribution in [3.8, 4) is 0 Å².